The van der Waals surface area contributed by atoms with Crippen molar-refractivity contribution in [3.8, 4) is 0 Å². The maximum Gasteiger partial charge on any atom is 0.193 e. The first-order valence-electron chi connectivity index (χ1n) is 5.04. The summed E-state index contributed by atoms with van der Waals surface area (Å²) >= 11 is 7.52. The van der Waals surface area contributed by atoms with Gasteiger partial charge in [-0.25, -0.2) is 0 Å². The summed E-state index contributed by atoms with van der Waals surface area (Å²) in [6, 6.07) is 3.71. The molecule has 1 aromatic heterocycles. The number of hydrogen-bond acceptors (Lipinski definition) is 3. The van der Waals surface area contributed by atoms with E-state index in [1.807, 2.05) is 17.8 Å². The lowest BCUT2D eigenvalue weighted by Gasteiger charge is -2.20. The smallest absolute Gasteiger partial charge is 0.193 e. The van der Waals surface area contributed by atoms with Crippen molar-refractivity contribution in [1.82, 2.24) is 5.32 Å². The van der Waals surface area contributed by atoms with Crippen molar-refractivity contribution in [3.63, 3.8) is 0 Å². The van der Waals surface area contributed by atoms with Crippen LogP contribution in [-0.4, -0.2) is 17.8 Å². The fourth-order valence-corrected chi connectivity index (χ4v) is 2.01. The molecule has 15 heavy (non-hydrogen) atoms. The molecule has 4 heteroatoms. The van der Waals surface area contributed by atoms with Crippen LogP contribution in [0.1, 0.15) is 26.5 Å². The van der Waals surface area contributed by atoms with Gasteiger partial charge in [0, 0.05) is 17.8 Å². The van der Waals surface area contributed by atoms with Gasteiger partial charge in [-0.05, 0) is 44.5 Å². The number of rotatable bonds is 5. The molecule has 0 aromatic carbocycles. The first-order valence-corrected chi connectivity index (χ1v) is 6.58. The van der Waals surface area contributed by atoms with Crippen molar-refractivity contribution < 1.29 is 4.42 Å². The maximum atomic E-state index is 5.67. The van der Waals surface area contributed by atoms with E-state index in [2.05, 4.69) is 26.1 Å². The highest BCUT2D eigenvalue weighted by Crippen LogP contribution is 2.18. The molecule has 2 nitrogen and oxygen atoms in total. The van der Waals surface area contributed by atoms with Crippen LogP contribution < -0.4 is 5.32 Å². The first-order chi connectivity index (χ1) is 6.97. The summed E-state index contributed by atoms with van der Waals surface area (Å²) < 4.78 is 5.26. The van der Waals surface area contributed by atoms with Gasteiger partial charge < -0.3 is 9.73 Å². The van der Waals surface area contributed by atoms with Crippen LogP contribution in [0.15, 0.2) is 16.5 Å². The van der Waals surface area contributed by atoms with E-state index in [1.54, 1.807) is 6.07 Å². The number of halogens is 1. The van der Waals surface area contributed by atoms with Gasteiger partial charge in [-0.2, -0.15) is 11.8 Å². The summed E-state index contributed by atoms with van der Waals surface area (Å²) in [5, 5.41) is 3.91. The van der Waals surface area contributed by atoms with Crippen LogP contribution in [0.4, 0.5) is 0 Å². The number of thioether (sulfide) groups is 1. The molecule has 0 aliphatic heterocycles. The third-order valence-corrected chi connectivity index (χ3v) is 2.96. The van der Waals surface area contributed by atoms with Crippen LogP contribution in [0, 0.1) is 0 Å². The predicted octanol–water partition coefficient (Wildman–Crippen LogP) is 3.55. The lowest BCUT2D eigenvalue weighted by Crippen LogP contribution is -2.37. The zero-order chi connectivity index (χ0) is 11.3. The largest absolute Gasteiger partial charge is 0.449 e. The standard InChI is InChI=1S/C11H18ClNOS/c1-11(2,3)13-6-7-15-8-9-4-5-10(12)14-9/h4-5,13H,6-8H2,1-3H3. The minimum Gasteiger partial charge on any atom is -0.449 e. The molecule has 0 aliphatic rings. The fraction of sp³-hybridized carbons (Fsp3) is 0.636. The van der Waals surface area contributed by atoms with Crippen LogP contribution in [0.5, 0.6) is 0 Å². The average Bonchev–Trinajstić information content (AvgIpc) is 2.49. The van der Waals surface area contributed by atoms with Crippen LogP contribution in [0.3, 0.4) is 0 Å². The second-order valence-corrected chi connectivity index (χ2v) is 5.91. The van der Waals surface area contributed by atoms with Crippen LogP contribution >= 0.6 is 23.4 Å². The van der Waals surface area contributed by atoms with E-state index in [-0.39, 0.29) is 5.54 Å². The molecular weight excluding hydrogens is 230 g/mol. The first kappa shape index (κ1) is 12.9. The topological polar surface area (TPSA) is 25.2 Å². The summed E-state index contributed by atoms with van der Waals surface area (Å²) in [7, 11) is 0. The molecule has 1 heterocycles. The van der Waals surface area contributed by atoms with Gasteiger partial charge in [-0.1, -0.05) is 0 Å². The molecule has 0 spiro atoms. The number of furan rings is 1. The highest BCUT2D eigenvalue weighted by Gasteiger charge is 2.07. The predicted molar refractivity (Wildman–Crippen MR) is 67.6 cm³/mol. The summed E-state index contributed by atoms with van der Waals surface area (Å²) in [6.45, 7) is 7.53. The van der Waals surface area contributed by atoms with Gasteiger partial charge in [0.2, 0.25) is 0 Å². The van der Waals surface area contributed by atoms with Gasteiger partial charge in [-0.3, -0.25) is 0 Å². The van der Waals surface area contributed by atoms with Gasteiger partial charge in [0.25, 0.3) is 0 Å². The Morgan fingerprint density at radius 3 is 2.67 bits per heavy atom. The number of nitrogens with one attached hydrogen (secondary N) is 1. The van der Waals surface area contributed by atoms with Gasteiger partial charge in [0.15, 0.2) is 5.22 Å². The van der Waals surface area contributed by atoms with E-state index in [9.17, 15) is 0 Å². The fourth-order valence-electron chi connectivity index (χ4n) is 1.10. The molecule has 0 bridgehead atoms. The van der Waals surface area contributed by atoms with Crippen molar-refractivity contribution in [1.29, 1.82) is 0 Å². The van der Waals surface area contributed by atoms with Crippen molar-refractivity contribution in [2.75, 3.05) is 12.3 Å². The molecule has 0 fully saturated rings. The molecule has 1 N–H and O–H groups in total. The van der Waals surface area contributed by atoms with Gasteiger partial charge >= 0.3 is 0 Å². The average molecular weight is 248 g/mol. The van der Waals surface area contributed by atoms with Crippen LogP contribution in [0.25, 0.3) is 0 Å². The summed E-state index contributed by atoms with van der Waals surface area (Å²) in [5.41, 5.74) is 0.203. The highest BCUT2D eigenvalue weighted by molar-refractivity contribution is 7.98. The Labute approximate surface area is 101 Å². The molecule has 0 saturated carbocycles. The normalized spacial score (nSPS) is 12.0. The minimum absolute atomic E-state index is 0.203. The lowest BCUT2D eigenvalue weighted by atomic mass is 10.1. The Morgan fingerprint density at radius 2 is 2.13 bits per heavy atom. The molecule has 1 rings (SSSR count). The molecule has 1 aromatic rings. The molecule has 86 valence electrons. The molecular formula is C11H18ClNOS. The minimum atomic E-state index is 0.203. The number of hydrogen-bond donors (Lipinski definition) is 1. The molecule has 0 saturated heterocycles. The maximum absolute atomic E-state index is 5.67. The zero-order valence-corrected chi connectivity index (χ0v) is 11.0. The van der Waals surface area contributed by atoms with E-state index in [0.29, 0.717) is 5.22 Å². The Morgan fingerprint density at radius 1 is 1.40 bits per heavy atom. The van der Waals surface area contributed by atoms with Gasteiger partial charge in [0.05, 0.1) is 5.75 Å². The monoisotopic (exact) mass is 247 g/mol. The second kappa shape index (κ2) is 5.83. The third-order valence-electron chi connectivity index (χ3n) is 1.77. The van der Waals surface area contributed by atoms with Gasteiger partial charge in [0.1, 0.15) is 5.76 Å². The molecule has 0 radical (unpaired) electrons. The van der Waals surface area contributed by atoms with Crippen LogP contribution in [0.2, 0.25) is 5.22 Å². The Kier molecular flexibility index (Phi) is 5.03. The SMILES string of the molecule is CC(C)(C)NCCSCc1ccc(Cl)o1. The third kappa shape index (κ3) is 6.13. The molecule has 0 aliphatic carbocycles. The zero-order valence-electron chi connectivity index (χ0n) is 9.47. The van der Waals surface area contributed by atoms with Crippen molar-refractivity contribution in [3.05, 3.63) is 23.1 Å². The summed E-state index contributed by atoms with van der Waals surface area (Å²) in [5.74, 6) is 2.91. The van der Waals surface area contributed by atoms with Crippen molar-refractivity contribution in [2.45, 2.75) is 32.1 Å². The summed E-state index contributed by atoms with van der Waals surface area (Å²) in [4.78, 5) is 0. The Balaban J connectivity index is 2.07. The Hall–Kier alpha value is -0.120. The van der Waals surface area contributed by atoms with E-state index in [4.69, 9.17) is 16.0 Å². The lowest BCUT2D eigenvalue weighted by molar-refractivity contribution is 0.441. The summed E-state index contributed by atoms with van der Waals surface area (Å²) in [6.07, 6.45) is 0. The van der Waals surface area contributed by atoms with E-state index in [1.165, 1.54) is 0 Å². The quantitative estimate of drug-likeness (QED) is 0.806. The van der Waals surface area contributed by atoms with Crippen molar-refractivity contribution in [2.24, 2.45) is 0 Å². The Bertz CT molecular complexity index is 293. The molecule has 0 amide bonds. The van der Waals surface area contributed by atoms with Crippen molar-refractivity contribution >= 4 is 23.4 Å². The van der Waals surface area contributed by atoms with E-state index in [0.717, 1.165) is 23.8 Å². The van der Waals surface area contributed by atoms with Crippen LogP contribution in [-0.2, 0) is 5.75 Å². The van der Waals surface area contributed by atoms with E-state index >= 15 is 0 Å². The molecule has 0 unspecified atom stereocenters. The van der Waals surface area contributed by atoms with E-state index < -0.39 is 0 Å². The second-order valence-electron chi connectivity index (χ2n) is 4.44. The molecule has 0 atom stereocenters. The van der Waals surface area contributed by atoms with Gasteiger partial charge in [-0.15, -0.1) is 0 Å². The highest BCUT2D eigenvalue weighted by atomic mass is 35.5.